The molecule has 0 aromatic carbocycles. The van der Waals surface area contributed by atoms with Gasteiger partial charge in [-0.2, -0.15) is 0 Å². The Balaban J connectivity index is 1.97. The molecule has 3 nitrogen and oxygen atoms in total. The number of rotatable bonds is 4. The van der Waals surface area contributed by atoms with Crippen molar-refractivity contribution in [1.82, 2.24) is 10.3 Å². The summed E-state index contributed by atoms with van der Waals surface area (Å²) in [5, 5.41) is 3.48. The van der Waals surface area contributed by atoms with E-state index in [1.165, 1.54) is 6.42 Å². The van der Waals surface area contributed by atoms with Gasteiger partial charge in [0.2, 0.25) is 0 Å². The zero-order chi connectivity index (χ0) is 10.8. The number of methoxy groups -OCH3 is 1. The molecular weight excluding hydrogens is 188 g/mol. The number of aromatic nitrogens is 1. The Kier molecular flexibility index (Phi) is 2.91. The van der Waals surface area contributed by atoms with Gasteiger partial charge in [-0.15, -0.1) is 0 Å². The van der Waals surface area contributed by atoms with Crippen LogP contribution in [0.5, 0.6) is 5.75 Å². The smallest absolute Gasteiger partial charge is 0.122 e. The number of pyridine rings is 1. The van der Waals surface area contributed by atoms with Crippen LogP contribution in [0, 0.1) is 12.8 Å². The quantitative estimate of drug-likeness (QED) is 0.817. The van der Waals surface area contributed by atoms with Gasteiger partial charge < -0.3 is 10.1 Å². The molecule has 0 spiro atoms. The second kappa shape index (κ2) is 4.19. The Hall–Kier alpha value is -1.09. The number of aryl methyl sites for hydroxylation is 1. The summed E-state index contributed by atoms with van der Waals surface area (Å²) in [5.41, 5.74) is 2.07. The molecule has 1 aromatic heterocycles. The molecule has 82 valence electrons. The second-order valence-electron chi connectivity index (χ2n) is 4.34. The van der Waals surface area contributed by atoms with Crippen molar-refractivity contribution in [2.24, 2.45) is 5.92 Å². The standard InChI is InChI=1S/C12H18N2O/c1-8-4-12(8)13-7-10-6-11(15-3)5-9(2)14-10/h5-6,8,12-13H,4,7H2,1-3H3. The van der Waals surface area contributed by atoms with Crippen LogP contribution in [-0.2, 0) is 6.54 Å². The summed E-state index contributed by atoms with van der Waals surface area (Å²) < 4.78 is 5.21. The third kappa shape index (κ3) is 2.69. The summed E-state index contributed by atoms with van der Waals surface area (Å²) in [7, 11) is 1.69. The van der Waals surface area contributed by atoms with E-state index in [0.717, 1.165) is 29.6 Å². The zero-order valence-electron chi connectivity index (χ0n) is 9.58. The molecular formula is C12H18N2O. The average Bonchev–Trinajstić information content (AvgIpc) is 2.91. The normalized spacial score (nSPS) is 23.9. The third-order valence-corrected chi connectivity index (χ3v) is 2.87. The molecule has 1 N–H and O–H groups in total. The molecule has 0 saturated heterocycles. The average molecular weight is 206 g/mol. The molecule has 3 heteroatoms. The van der Waals surface area contributed by atoms with Crippen molar-refractivity contribution >= 4 is 0 Å². The van der Waals surface area contributed by atoms with Crippen LogP contribution in [-0.4, -0.2) is 18.1 Å². The van der Waals surface area contributed by atoms with Gasteiger partial charge in [-0.05, 0) is 19.3 Å². The maximum atomic E-state index is 5.21. The first-order valence-electron chi connectivity index (χ1n) is 5.44. The third-order valence-electron chi connectivity index (χ3n) is 2.87. The molecule has 0 radical (unpaired) electrons. The number of hydrogen-bond donors (Lipinski definition) is 1. The molecule has 1 aromatic rings. The lowest BCUT2D eigenvalue weighted by atomic mass is 10.3. The van der Waals surface area contributed by atoms with Gasteiger partial charge in [0.1, 0.15) is 5.75 Å². The van der Waals surface area contributed by atoms with Crippen LogP contribution in [0.4, 0.5) is 0 Å². The first-order valence-corrected chi connectivity index (χ1v) is 5.44. The van der Waals surface area contributed by atoms with Crippen molar-refractivity contribution in [3.05, 3.63) is 23.5 Å². The lowest BCUT2D eigenvalue weighted by Gasteiger charge is -2.06. The first kappa shape index (κ1) is 10.4. The highest BCUT2D eigenvalue weighted by Crippen LogP contribution is 2.29. The molecule has 1 saturated carbocycles. The minimum absolute atomic E-state index is 0.693. The van der Waals surface area contributed by atoms with E-state index >= 15 is 0 Å². The predicted molar refractivity (Wildman–Crippen MR) is 59.9 cm³/mol. The summed E-state index contributed by atoms with van der Waals surface area (Å²) in [6.45, 7) is 5.10. The number of nitrogens with one attached hydrogen (secondary N) is 1. The molecule has 1 aliphatic carbocycles. The fraction of sp³-hybridized carbons (Fsp3) is 0.583. The fourth-order valence-corrected chi connectivity index (χ4v) is 1.75. The SMILES string of the molecule is COc1cc(C)nc(CNC2CC2C)c1. The number of hydrogen-bond acceptors (Lipinski definition) is 3. The summed E-state index contributed by atoms with van der Waals surface area (Å²) in [5.74, 6) is 1.72. The van der Waals surface area contributed by atoms with E-state index in [9.17, 15) is 0 Å². The minimum Gasteiger partial charge on any atom is -0.497 e. The van der Waals surface area contributed by atoms with Gasteiger partial charge >= 0.3 is 0 Å². The van der Waals surface area contributed by atoms with Crippen LogP contribution in [0.1, 0.15) is 24.7 Å². The van der Waals surface area contributed by atoms with E-state index in [2.05, 4.69) is 17.2 Å². The molecule has 1 aliphatic rings. The highest BCUT2D eigenvalue weighted by molar-refractivity contribution is 5.26. The van der Waals surface area contributed by atoms with Crippen LogP contribution in [0.3, 0.4) is 0 Å². The van der Waals surface area contributed by atoms with Gasteiger partial charge in [0.15, 0.2) is 0 Å². The van der Waals surface area contributed by atoms with Crippen molar-refractivity contribution in [3.8, 4) is 5.75 Å². The molecule has 1 heterocycles. The largest absolute Gasteiger partial charge is 0.497 e. The minimum atomic E-state index is 0.693. The van der Waals surface area contributed by atoms with Crippen molar-refractivity contribution in [1.29, 1.82) is 0 Å². The van der Waals surface area contributed by atoms with Crippen molar-refractivity contribution < 1.29 is 4.74 Å². The summed E-state index contributed by atoms with van der Waals surface area (Å²) in [4.78, 5) is 4.46. The van der Waals surface area contributed by atoms with Gasteiger partial charge in [0.05, 0.1) is 12.8 Å². The maximum absolute atomic E-state index is 5.21. The van der Waals surface area contributed by atoms with E-state index < -0.39 is 0 Å². The maximum Gasteiger partial charge on any atom is 0.122 e. The summed E-state index contributed by atoms with van der Waals surface area (Å²) in [6, 6.07) is 4.63. The summed E-state index contributed by atoms with van der Waals surface area (Å²) in [6.07, 6.45) is 1.29. The van der Waals surface area contributed by atoms with E-state index in [-0.39, 0.29) is 0 Å². The van der Waals surface area contributed by atoms with Gasteiger partial charge in [-0.25, -0.2) is 0 Å². The monoisotopic (exact) mass is 206 g/mol. The lowest BCUT2D eigenvalue weighted by Crippen LogP contribution is -2.18. The highest BCUT2D eigenvalue weighted by atomic mass is 16.5. The van der Waals surface area contributed by atoms with E-state index in [4.69, 9.17) is 4.74 Å². The van der Waals surface area contributed by atoms with Gasteiger partial charge in [0, 0.05) is 30.4 Å². The highest BCUT2D eigenvalue weighted by Gasteiger charge is 2.31. The Labute approximate surface area is 90.9 Å². The van der Waals surface area contributed by atoms with Crippen LogP contribution >= 0.6 is 0 Å². The van der Waals surface area contributed by atoms with E-state index in [0.29, 0.717) is 6.04 Å². The van der Waals surface area contributed by atoms with Crippen LogP contribution in [0.15, 0.2) is 12.1 Å². The topological polar surface area (TPSA) is 34.1 Å². The molecule has 1 fully saturated rings. The van der Waals surface area contributed by atoms with Crippen LogP contribution in [0.25, 0.3) is 0 Å². The summed E-state index contributed by atoms with van der Waals surface area (Å²) >= 11 is 0. The fourth-order valence-electron chi connectivity index (χ4n) is 1.75. The van der Waals surface area contributed by atoms with E-state index in [1.807, 2.05) is 19.1 Å². The Morgan fingerprint density at radius 3 is 2.87 bits per heavy atom. The van der Waals surface area contributed by atoms with Crippen molar-refractivity contribution in [2.75, 3.05) is 7.11 Å². The van der Waals surface area contributed by atoms with Crippen LogP contribution < -0.4 is 10.1 Å². The Bertz CT molecular complexity index is 351. The molecule has 0 amide bonds. The molecule has 0 aliphatic heterocycles. The zero-order valence-corrected chi connectivity index (χ0v) is 9.58. The van der Waals surface area contributed by atoms with Gasteiger partial charge in [0.25, 0.3) is 0 Å². The molecule has 2 rings (SSSR count). The number of ether oxygens (including phenoxy) is 1. The van der Waals surface area contributed by atoms with Gasteiger partial charge in [-0.3, -0.25) is 4.98 Å². The van der Waals surface area contributed by atoms with Crippen LogP contribution in [0.2, 0.25) is 0 Å². The second-order valence-corrected chi connectivity index (χ2v) is 4.34. The van der Waals surface area contributed by atoms with Crippen molar-refractivity contribution in [2.45, 2.75) is 32.9 Å². The lowest BCUT2D eigenvalue weighted by molar-refractivity contribution is 0.412. The molecule has 2 atom stereocenters. The van der Waals surface area contributed by atoms with Gasteiger partial charge in [-0.1, -0.05) is 6.92 Å². The van der Waals surface area contributed by atoms with E-state index in [1.54, 1.807) is 7.11 Å². The predicted octanol–water partition coefficient (Wildman–Crippen LogP) is 1.90. The Morgan fingerprint density at radius 1 is 1.53 bits per heavy atom. The van der Waals surface area contributed by atoms with Crippen molar-refractivity contribution in [3.63, 3.8) is 0 Å². The molecule has 15 heavy (non-hydrogen) atoms. The molecule has 2 unspecified atom stereocenters. The Morgan fingerprint density at radius 2 is 2.27 bits per heavy atom. The number of nitrogens with zero attached hydrogens (tertiary/aromatic N) is 1. The first-order chi connectivity index (χ1) is 7.19. The molecule has 0 bridgehead atoms.